The van der Waals surface area contributed by atoms with Gasteiger partial charge in [0.15, 0.2) is 0 Å². The van der Waals surface area contributed by atoms with Crippen LogP contribution in [-0.4, -0.2) is 24.2 Å². The summed E-state index contributed by atoms with van der Waals surface area (Å²) < 4.78 is 0. The highest BCUT2D eigenvalue weighted by Gasteiger charge is 2.16. The van der Waals surface area contributed by atoms with E-state index in [2.05, 4.69) is 12.0 Å². The maximum absolute atomic E-state index is 9.73. The van der Waals surface area contributed by atoms with E-state index in [4.69, 9.17) is 0 Å². The number of isocyanates is 1. The van der Waals surface area contributed by atoms with E-state index in [9.17, 15) is 4.79 Å². The Bertz CT molecular complexity index is 140. The summed E-state index contributed by atoms with van der Waals surface area (Å²) in [5.41, 5.74) is 0. The van der Waals surface area contributed by atoms with Gasteiger partial charge in [-0.05, 0) is 12.3 Å². The Balaban J connectivity index is 2.38. The van der Waals surface area contributed by atoms with E-state index in [1.54, 1.807) is 5.01 Å². The zero-order valence-electron chi connectivity index (χ0n) is 5.50. The molecule has 0 aliphatic carbocycles. The van der Waals surface area contributed by atoms with Gasteiger partial charge in [0, 0.05) is 13.1 Å². The third kappa shape index (κ3) is 1.54. The van der Waals surface area contributed by atoms with Crippen molar-refractivity contribution in [2.45, 2.75) is 13.3 Å². The third-order valence-corrected chi connectivity index (χ3v) is 1.58. The Hall–Kier alpha value is -0.820. The van der Waals surface area contributed by atoms with Crippen LogP contribution >= 0.6 is 0 Å². The molecule has 1 heterocycles. The fourth-order valence-corrected chi connectivity index (χ4v) is 1.06. The van der Waals surface area contributed by atoms with Gasteiger partial charge in [-0.2, -0.15) is 0 Å². The van der Waals surface area contributed by atoms with E-state index in [1.807, 2.05) is 0 Å². The van der Waals surface area contributed by atoms with Crippen molar-refractivity contribution in [1.29, 1.82) is 0 Å². The van der Waals surface area contributed by atoms with Gasteiger partial charge in [0.05, 0.1) is 0 Å². The van der Waals surface area contributed by atoms with Gasteiger partial charge in [-0.1, -0.05) is 12.0 Å². The summed E-state index contributed by atoms with van der Waals surface area (Å²) in [6, 6.07) is 0. The fourth-order valence-electron chi connectivity index (χ4n) is 1.06. The second kappa shape index (κ2) is 2.65. The number of hydrogen-bond donors (Lipinski definition) is 0. The van der Waals surface area contributed by atoms with E-state index in [1.165, 1.54) is 6.08 Å². The minimum atomic E-state index is 0.682. The largest absolute Gasteiger partial charge is 0.286 e. The molecule has 0 amide bonds. The molecule has 0 saturated carbocycles. The summed E-state index contributed by atoms with van der Waals surface area (Å²) in [4.78, 5) is 9.73. The number of hydrazone groups is 1. The normalized spacial score (nSPS) is 25.9. The molecule has 9 heavy (non-hydrogen) atoms. The van der Waals surface area contributed by atoms with E-state index < -0.39 is 0 Å². The van der Waals surface area contributed by atoms with E-state index in [0.29, 0.717) is 5.92 Å². The average molecular weight is 126 g/mol. The predicted octanol–water partition coefficient (Wildman–Crippen LogP) is 0.579. The second-order valence-corrected chi connectivity index (χ2v) is 2.50. The van der Waals surface area contributed by atoms with Crippen molar-refractivity contribution in [3.8, 4) is 0 Å². The van der Waals surface area contributed by atoms with Crippen molar-refractivity contribution in [1.82, 2.24) is 5.01 Å². The standard InChI is InChI=1S/C6H10N2O/c1-6-2-3-8(4-6)7-5-9/h6H,2-4H2,1H3. The van der Waals surface area contributed by atoms with E-state index >= 15 is 0 Å². The predicted molar refractivity (Wildman–Crippen MR) is 33.5 cm³/mol. The van der Waals surface area contributed by atoms with Gasteiger partial charge in [-0.3, -0.25) is 5.01 Å². The van der Waals surface area contributed by atoms with Gasteiger partial charge in [-0.25, -0.2) is 4.79 Å². The van der Waals surface area contributed by atoms with Crippen LogP contribution in [0.15, 0.2) is 5.10 Å². The monoisotopic (exact) mass is 126 g/mol. The molecule has 1 unspecified atom stereocenters. The third-order valence-electron chi connectivity index (χ3n) is 1.58. The van der Waals surface area contributed by atoms with Gasteiger partial charge in [0.2, 0.25) is 0 Å². The lowest BCUT2D eigenvalue weighted by Crippen LogP contribution is -2.11. The van der Waals surface area contributed by atoms with Crippen molar-refractivity contribution >= 4 is 6.08 Å². The first kappa shape index (κ1) is 6.30. The summed E-state index contributed by atoms with van der Waals surface area (Å²) in [7, 11) is 0. The molecular formula is C6H10N2O. The molecule has 0 aromatic heterocycles. The van der Waals surface area contributed by atoms with Crippen LogP contribution in [0.5, 0.6) is 0 Å². The summed E-state index contributed by atoms with van der Waals surface area (Å²) >= 11 is 0. The van der Waals surface area contributed by atoms with Gasteiger partial charge < -0.3 is 0 Å². The Morgan fingerprint density at radius 2 is 2.56 bits per heavy atom. The molecule has 50 valence electrons. The molecule has 1 aliphatic rings. The summed E-state index contributed by atoms with van der Waals surface area (Å²) in [6.45, 7) is 3.98. The number of nitrogens with zero attached hydrogens (tertiary/aromatic N) is 2. The lowest BCUT2D eigenvalue weighted by atomic mass is 10.2. The van der Waals surface area contributed by atoms with Crippen LogP contribution in [0.25, 0.3) is 0 Å². The van der Waals surface area contributed by atoms with Gasteiger partial charge >= 0.3 is 0 Å². The quantitative estimate of drug-likeness (QED) is 0.380. The summed E-state index contributed by atoms with van der Waals surface area (Å²) in [6.07, 6.45) is 2.68. The molecule has 0 radical (unpaired) electrons. The molecule has 3 heteroatoms. The zero-order chi connectivity index (χ0) is 6.69. The van der Waals surface area contributed by atoms with Gasteiger partial charge in [-0.15, -0.1) is 0 Å². The second-order valence-electron chi connectivity index (χ2n) is 2.50. The van der Waals surface area contributed by atoms with Crippen LogP contribution in [0, 0.1) is 5.92 Å². The van der Waals surface area contributed by atoms with E-state index in [0.717, 1.165) is 19.5 Å². The van der Waals surface area contributed by atoms with Crippen LogP contribution < -0.4 is 0 Å². The molecule has 0 N–H and O–H groups in total. The first-order chi connectivity index (χ1) is 4.33. The molecule has 1 rings (SSSR count). The first-order valence-electron chi connectivity index (χ1n) is 3.15. The van der Waals surface area contributed by atoms with Crippen molar-refractivity contribution < 1.29 is 4.79 Å². The highest BCUT2D eigenvalue weighted by atomic mass is 16.1. The van der Waals surface area contributed by atoms with Crippen molar-refractivity contribution in [2.75, 3.05) is 13.1 Å². The molecular weight excluding hydrogens is 116 g/mol. The first-order valence-corrected chi connectivity index (χ1v) is 3.15. The van der Waals surface area contributed by atoms with Crippen molar-refractivity contribution in [3.63, 3.8) is 0 Å². The number of hydrogen-bond acceptors (Lipinski definition) is 3. The van der Waals surface area contributed by atoms with Crippen LogP contribution in [-0.2, 0) is 4.79 Å². The maximum Gasteiger partial charge on any atom is 0.258 e. The van der Waals surface area contributed by atoms with Crippen LogP contribution in [0.1, 0.15) is 13.3 Å². The molecule has 0 aromatic carbocycles. The molecule has 1 fully saturated rings. The summed E-state index contributed by atoms with van der Waals surface area (Å²) in [5.74, 6) is 0.682. The Kier molecular flexibility index (Phi) is 1.85. The molecule has 0 bridgehead atoms. The van der Waals surface area contributed by atoms with Crippen LogP contribution in [0.4, 0.5) is 0 Å². The van der Waals surface area contributed by atoms with Crippen molar-refractivity contribution in [3.05, 3.63) is 0 Å². The van der Waals surface area contributed by atoms with E-state index in [-0.39, 0.29) is 0 Å². The topological polar surface area (TPSA) is 32.7 Å². The zero-order valence-corrected chi connectivity index (χ0v) is 5.50. The lowest BCUT2D eigenvalue weighted by Gasteiger charge is -2.05. The molecule has 1 saturated heterocycles. The molecule has 3 nitrogen and oxygen atoms in total. The molecule has 0 aromatic rings. The Morgan fingerprint density at radius 1 is 1.78 bits per heavy atom. The van der Waals surface area contributed by atoms with Gasteiger partial charge in [0.25, 0.3) is 6.08 Å². The molecule has 1 atom stereocenters. The van der Waals surface area contributed by atoms with Gasteiger partial charge in [0.1, 0.15) is 0 Å². The highest BCUT2D eigenvalue weighted by Crippen LogP contribution is 2.13. The lowest BCUT2D eigenvalue weighted by molar-refractivity contribution is 0.344. The van der Waals surface area contributed by atoms with Crippen LogP contribution in [0.3, 0.4) is 0 Å². The SMILES string of the molecule is CC1CCN(N=C=O)C1. The molecule has 0 spiro atoms. The Labute approximate surface area is 54.3 Å². The summed E-state index contributed by atoms with van der Waals surface area (Å²) in [5, 5.41) is 5.26. The van der Waals surface area contributed by atoms with Crippen LogP contribution in [0.2, 0.25) is 0 Å². The Morgan fingerprint density at radius 3 is 3.00 bits per heavy atom. The highest BCUT2D eigenvalue weighted by molar-refractivity contribution is 5.32. The van der Waals surface area contributed by atoms with Crippen molar-refractivity contribution in [2.24, 2.45) is 11.0 Å². The minimum Gasteiger partial charge on any atom is -0.286 e. The maximum atomic E-state index is 9.73. The average Bonchev–Trinajstić information content (AvgIpc) is 2.17. The minimum absolute atomic E-state index is 0.682. The number of carbonyl (C=O) groups excluding carboxylic acids is 1. The fraction of sp³-hybridized carbons (Fsp3) is 0.833. The number of rotatable bonds is 1. The smallest absolute Gasteiger partial charge is 0.258 e. The molecule has 1 aliphatic heterocycles.